The summed E-state index contributed by atoms with van der Waals surface area (Å²) in [5.74, 6) is 1.02. The van der Waals surface area contributed by atoms with Crippen molar-refractivity contribution in [2.45, 2.75) is 107 Å². The van der Waals surface area contributed by atoms with E-state index in [0.29, 0.717) is 93.2 Å². The molecule has 9 aromatic carbocycles. The molecular formula is C96H102N6O12. The summed E-state index contributed by atoms with van der Waals surface area (Å²) in [6.07, 6.45) is 13.5. The fourth-order valence-electron chi connectivity index (χ4n) is 12.8. The van der Waals surface area contributed by atoms with E-state index >= 15 is 0 Å². The van der Waals surface area contributed by atoms with Crippen molar-refractivity contribution in [1.29, 1.82) is 0 Å². The number of likely N-dealkylation sites (N-methyl/N-ethyl adjacent to an activating group) is 2. The van der Waals surface area contributed by atoms with E-state index < -0.39 is 6.04 Å². The number of carbonyl (C=O) groups is 6. The number of fused-ring (bicyclic) bond motifs is 3. The standard InChI is InChI=1S/3C32H34N2O4/c2*1-4-37-32(36)24(2)19-27-21-34(22-31(35)33(3)18-17-25-11-7-5-8-12-25)30-16-15-28(20-29(27)30)38-23-26-13-9-6-10-14-26;1-4-37-32(36)23(2)19-27-21-34(24(3)31(35)33-18-17-25-11-7-5-8-12-25)30-16-15-28(20-29(27)30)38-22-26-13-9-6-10-14-26/h2*5-16,19-21H,4,17-18,22-23H2,1-3H3;5-16,19-21,24H,4,17-18,22H2,1-3H3,(H,33,35). The second kappa shape index (κ2) is 42.5. The van der Waals surface area contributed by atoms with Crippen molar-refractivity contribution >= 4 is 86.6 Å². The zero-order valence-electron chi connectivity index (χ0n) is 66.6. The van der Waals surface area contributed by atoms with Crippen molar-refractivity contribution < 1.29 is 57.2 Å². The van der Waals surface area contributed by atoms with Gasteiger partial charge >= 0.3 is 17.9 Å². The Morgan fingerprint density at radius 2 is 0.684 bits per heavy atom. The molecule has 3 aromatic heterocycles. The van der Waals surface area contributed by atoms with Gasteiger partial charge in [0, 0.05) is 118 Å². The molecule has 588 valence electrons. The lowest BCUT2D eigenvalue weighted by Crippen LogP contribution is -2.32. The lowest BCUT2D eigenvalue weighted by Gasteiger charge is -2.18. The first-order valence-electron chi connectivity index (χ1n) is 38.7. The topological polar surface area (TPSA) is 191 Å². The van der Waals surface area contributed by atoms with Gasteiger partial charge in [-0.2, -0.15) is 0 Å². The van der Waals surface area contributed by atoms with Crippen LogP contribution in [-0.4, -0.2) is 113 Å². The third-order valence-electron chi connectivity index (χ3n) is 19.2. The van der Waals surface area contributed by atoms with Crippen molar-refractivity contribution in [1.82, 2.24) is 28.8 Å². The van der Waals surface area contributed by atoms with Gasteiger partial charge < -0.3 is 57.2 Å². The van der Waals surface area contributed by atoms with Crippen LogP contribution in [0.4, 0.5) is 0 Å². The van der Waals surface area contributed by atoms with Crippen LogP contribution in [0.5, 0.6) is 17.2 Å². The van der Waals surface area contributed by atoms with Crippen molar-refractivity contribution in [3.05, 3.63) is 322 Å². The van der Waals surface area contributed by atoms with Crippen LogP contribution in [-0.2, 0) is 95.2 Å². The Bertz CT molecular complexity index is 5040. The Labute approximate surface area is 668 Å². The van der Waals surface area contributed by atoms with Gasteiger partial charge in [-0.05, 0) is 174 Å². The lowest BCUT2D eigenvalue weighted by atomic mass is 10.1. The summed E-state index contributed by atoms with van der Waals surface area (Å²) in [5, 5.41) is 5.75. The quantitative estimate of drug-likeness (QED) is 0.0233. The van der Waals surface area contributed by atoms with Crippen molar-refractivity contribution in [2.24, 2.45) is 0 Å². The maximum atomic E-state index is 13.1. The van der Waals surface area contributed by atoms with Gasteiger partial charge in [0.05, 0.1) is 19.8 Å². The minimum Gasteiger partial charge on any atom is -0.489 e. The predicted molar refractivity (Wildman–Crippen MR) is 452 cm³/mol. The summed E-state index contributed by atoms with van der Waals surface area (Å²) < 4.78 is 39.5. The first-order chi connectivity index (χ1) is 55.3. The van der Waals surface area contributed by atoms with E-state index in [2.05, 4.69) is 41.7 Å². The molecule has 0 aliphatic carbocycles. The van der Waals surface area contributed by atoms with E-state index in [1.54, 1.807) is 69.6 Å². The molecule has 0 radical (unpaired) electrons. The summed E-state index contributed by atoms with van der Waals surface area (Å²) in [5.41, 5.74) is 13.4. The van der Waals surface area contributed by atoms with Crippen molar-refractivity contribution in [2.75, 3.05) is 53.6 Å². The second-order valence-electron chi connectivity index (χ2n) is 27.7. The molecule has 18 heteroatoms. The lowest BCUT2D eigenvalue weighted by molar-refractivity contribution is -0.139. The largest absolute Gasteiger partial charge is 0.489 e. The van der Waals surface area contributed by atoms with E-state index in [-0.39, 0.29) is 48.7 Å². The van der Waals surface area contributed by atoms with E-state index in [1.807, 2.05) is 254 Å². The summed E-state index contributed by atoms with van der Waals surface area (Å²) >= 11 is 0. The summed E-state index contributed by atoms with van der Waals surface area (Å²) in [6.45, 7) is 16.9. The number of hydrogen-bond donors (Lipinski definition) is 1. The normalized spacial score (nSPS) is 11.7. The van der Waals surface area contributed by atoms with Gasteiger partial charge in [-0.25, -0.2) is 14.4 Å². The Morgan fingerprint density at radius 1 is 0.386 bits per heavy atom. The van der Waals surface area contributed by atoms with Gasteiger partial charge in [0.1, 0.15) is 56.2 Å². The summed E-state index contributed by atoms with van der Waals surface area (Å²) in [6, 6.07) is 77.4. The van der Waals surface area contributed by atoms with E-state index in [1.165, 1.54) is 16.7 Å². The Balaban J connectivity index is 0.000000181. The smallest absolute Gasteiger partial charge is 0.333 e. The molecule has 12 rings (SSSR count). The van der Waals surface area contributed by atoms with Crippen LogP contribution < -0.4 is 19.5 Å². The van der Waals surface area contributed by atoms with Gasteiger partial charge in [-0.3, -0.25) is 14.4 Å². The number of amides is 3. The number of rotatable bonds is 33. The fourth-order valence-corrected chi connectivity index (χ4v) is 12.8. The molecule has 12 aromatic rings. The summed E-state index contributed by atoms with van der Waals surface area (Å²) in [7, 11) is 3.66. The molecule has 1 atom stereocenters. The van der Waals surface area contributed by atoms with Gasteiger partial charge in [-0.15, -0.1) is 0 Å². The van der Waals surface area contributed by atoms with E-state index in [0.717, 1.165) is 85.4 Å². The third-order valence-corrected chi connectivity index (χ3v) is 19.2. The molecular weight excluding hydrogens is 1430 g/mol. The van der Waals surface area contributed by atoms with Crippen molar-refractivity contribution in [3.63, 3.8) is 0 Å². The maximum absolute atomic E-state index is 13.1. The molecule has 0 saturated carbocycles. The maximum Gasteiger partial charge on any atom is 0.333 e. The number of benzene rings is 9. The van der Waals surface area contributed by atoms with Crippen LogP contribution in [0.15, 0.2) is 272 Å². The first kappa shape index (κ1) is 83.5. The molecule has 3 amide bonds. The minimum atomic E-state index is -0.450. The van der Waals surface area contributed by atoms with Crippen LogP contribution in [0, 0.1) is 0 Å². The molecule has 0 bridgehead atoms. The third kappa shape index (κ3) is 24.3. The zero-order chi connectivity index (χ0) is 80.7. The van der Waals surface area contributed by atoms with Crippen LogP contribution in [0.2, 0.25) is 0 Å². The van der Waals surface area contributed by atoms with Crippen LogP contribution in [0.3, 0.4) is 0 Å². The Morgan fingerprint density at radius 3 is 1.02 bits per heavy atom. The number of aromatic nitrogens is 3. The highest BCUT2D eigenvalue weighted by atomic mass is 16.5. The molecule has 114 heavy (non-hydrogen) atoms. The number of nitrogens with one attached hydrogen (secondary N) is 1. The second-order valence-corrected chi connectivity index (χ2v) is 27.7. The van der Waals surface area contributed by atoms with E-state index in [9.17, 15) is 28.8 Å². The number of ether oxygens (including phenoxy) is 6. The SMILES string of the molecule is CCOC(=O)C(C)=Cc1cn(C(C)C(=O)NCCc2ccccc2)c2ccc(OCc3ccccc3)cc12.CCOC(=O)C(C)=Cc1cn(CC(=O)N(C)CCc2ccccc2)c2ccc(OCc3ccccc3)cc12.CCOC(=O)C(C)=Cc1cn(CC(=O)N(C)CCc2ccccc2)c2ccc(OCc3ccccc3)cc12. The highest BCUT2D eigenvalue weighted by molar-refractivity contribution is 6.01. The minimum absolute atomic E-state index is 0.0138. The van der Waals surface area contributed by atoms with Gasteiger partial charge in [0.2, 0.25) is 17.7 Å². The number of hydrogen-bond acceptors (Lipinski definition) is 12. The first-order valence-corrected chi connectivity index (χ1v) is 38.7. The van der Waals surface area contributed by atoms with Gasteiger partial charge in [-0.1, -0.05) is 182 Å². The van der Waals surface area contributed by atoms with Gasteiger partial charge in [0.25, 0.3) is 0 Å². The molecule has 0 fully saturated rings. The highest BCUT2D eigenvalue weighted by Crippen LogP contribution is 2.34. The average molecular weight is 1530 g/mol. The Kier molecular flexibility index (Phi) is 31.1. The number of esters is 3. The Hall–Kier alpha value is -13.0. The van der Waals surface area contributed by atoms with E-state index in [4.69, 9.17) is 28.4 Å². The van der Waals surface area contributed by atoms with Crippen LogP contribution >= 0.6 is 0 Å². The molecule has 0 spiro atoms. The summed E-state index contributed by atoms with van der Waals surface area (Å²) in [4.78, 5) is 79.7. The number of carbonyl (C=O) groups excluding carboxylic acids is 6. The monoisotopic (exact) mass is 1530 g/mol. The van der Waals surface area contributed by atoms with Crippen LogP contribution in [0.25, 0.3) is 50.9 Å². The molecule has 1 N–H and O–H groups in total. The molecule has 0 aliphatic heterocycles. The average Bonchev–Trinajstić information content (AvgIpc) is 1.65. The fraction of sp³-hybridized carbons (Fsp3) is 0.250. The molecule has 0 aliphatic rings. The highest BCUT2D eigenvalue weighted by Gasteiger charge is 2.22. The van der Waals surface area contributed by atoms with Crippen molar-refractivity contribution in [3.8, 4) is 17.2 Å². The molecule has 1 unspecified atom stereocenters. The van der Waals surface area contributed by atoms with Gasteiger partial charge in [0.15, 0.2) is 0 Å². The molecule has 0 saturated heterocycles. The predicted octanol–water partition coefficient (Wildman–Crippen LogP) is 17.9. The number of nitrogens with zero attached hydrogens (tertiary/aromatic N) is 5. The zero-order valence-corrected chi connectivity index (χ0v) is 66.6. The molecule has 3 heterocycles. The van der Waals surface area contributed by atoms with Crippen LogP contribution in [0.1, 0.15) is 105 Å². The molecule has 18 nitrogen and oxygen atoms in total.